The number of fused-ring (bicyclic) bond motifs is 1. The number of hydrazone groups is 1. The molecule has 30 heavy (non-hydrogen) atoms. The van der Waals surface area contributed by atoms with E-state index in [1.54, 1.807) is 19.1 Å². The summed E-state index contributed by atoms with van der Waals surface area (Å²) in [5.41, 5.74) is 4.37. The van der Waals surface area contributed by atoms with Crippen molar-refractivity contribution in [1.29, 1.82) is 0 Å². The van der Waals surface area contributed by atoms with Gasteiger partial charge in [-0.25, -0.2) is 9.80 Å². The highest BCUT2D eigenvalue weighted by Crippen LogP contribution is 2.26. The third-order valence-electron chi connectivity index (χ3n) is 5.27. The number of amides is 3. The molecule has 156 valence electrons. The van der Waals surface area contributed by atoms with Gasteiger partial charge in [-0.2, -0.15) is 5.10 Å². The minimum atomic E-state index is -0.261. The summed E-state index contributed by atoms with van der Waals surface area (Å²) in [6.07, 6.45) is 0.681. The summed E-state index contributed by atoms with van der Waals surface area (Å²) >= 11 is 0. The summed E-state index contributed by atoms with van der Waals surface area (Å²) in [6, 6.07) is 13.3. The van der Waals surface area contributed by atoms with Gasteiger partial charge in [0.25, 0.3) is 5.91 Å². The van der Waals surface area contributed by atoms with E-state index < -0.39 is 0 Å². The van der Waals surface area contributed by atoms with Crippen LogP contribution in [0, 0.1) is 0 Å². The molecule has 0 saturated carbocycles. The van der Waals surface area contributed by atoms with Crippen molar-refractivity contribution in [2.75, 3.05) is 45.4 Å². The van der Waals surface area contributed by atoms with Crippen LogP contribution in [0.1, 0.15) is 16.7 Å². The first-order valence-corrected chi connectivity index (χ1v) is 9.84. The van der Waals surface area contributed by atoms with Gasteiger partial charge in [0.05, 0.1) is 26.0 Å². The van der Waals surface area contributed by atoms with Crippen molar-refractivity contribution in [3.05, 3.63) is 59.2 Å². The Morgan fingerprint density at radius 2 is 1.97 bits per heavy atom. The normalized spacial score (nSPS) is 16.5. The molecule has 0 atom stereocenters. The number of carbonyl (C=O) groups excluding carboxylic acids is 2. The lowest BCUT2D eigenvalue weighted by atomic mass is 9.95. The topological polar surface area (TPSA) is 83.5 Å². The molecule has 1 N–H and O–H groups in total. The second-order valence-electron chi connectivity index (χ2n) is 7.04. The van der Waals surface area contributed by atoms with E-state index in [4.69, 9.17) is 9.47 Å². The van der Waals surface area contributed by atoms with Crippen LogP contribution in [-0.2, 0) is 16.0 Å². The number of methoxy groups -OCH3 is 1. The van der Waals surface area contributed by atoms with E-state index >= 15 is 0 Å². The monoisotopic (exact) mass is 408 g/mol. The third-order valence-corrected chi connectivity index (χ3v) is 5.27. The average Bonchev–Trinajstić information content (AvgIpc) is 2.98. The SMILES string of the molecule is CNC(=O)N1CCc2ccc(OC)cc2C(c2ccc(N3CCOCC3=O)cc2)=N1. The number of hydrogen-bond donors (Lipinski definition) is 1. The van der Waals surface area contributed by atoms with E-state index in [9.17, 15) is 9.59 Å². The Balaban J connectivity index is 1.74. The molecule has 8 heteroatoms. The van der Waals surface area contributed by atoms with Crippen LogP contribution in [0.2, 0.25) is 0 Å². The lowest BCUT2D eigenvalue weighted by Crippen LogP contribution is -2.41. The molecule has 2 heterocycles. The van der Waals surface area contributed by atoms with Crippen LogP contribution in [0.4, 0.5) is 10.5 Å². The Hall–Kier alpha value is -3.39. The number of benzene rings is 2. The number of nitrogens with one attached hydrogen (secondary N) is 1. The molecule has 0 bridgehead atoms. The zero-order valence-corrected chi connectivity index (χ0v) is 17.1. The molecular weight excluding hydrogens is 384 g/mol. The molecule has 1 fully saturated rings. The van der Waals surface area contributed by atoms with Crippen LogP contribution >= 0.6 is 0 Å². The van der Waals surface area contributed by atoms with Gasteiger partial charge in [0.2, 0.25) is 0 Å². The lowest BCUT2D eigenvalue weighted by Gasteiger charge is -2.27. The highest BCUT2D eigenvalue weighted by Gasteiger charge is 2.23. The van der Waals surface area contributed by atoms with Gasteiger partial charge in [0, 0.05) is 30.4 Å². The number of morpholine rings is 1. The van der Waals surface area contributed by atoms with Gasteiger partial charge in [-0.1, -0.05) is 18.2 Å². The standard InChI is InChI=1S/C22H24N4O4/c1-23-22(28)26-10-9-15-5-8-18(29-2)13-19(15)21(24-26)16-3-6-17(7-4-16)25-11-12-30-14-20(25)27/h3-8,13H,9-12,14H2,1-2H3,(H,23,28). The molecule has 1 saturated heterocycles. The minimum absolute atomic E-state index is 0.0540. The number of rotatable bonds is 3. The quantitative estimate of drug-likeness (QED) is 0.842. The molecule has 0 aliphatic carbocycles. The van der Waals surface area contributed by atoms with Crippen LogP contribution in [-0.4, -0.2) is 63.1 Å². The van der Waals surface area contributed by atoms with Gasteiger partial charge in [-0.3, -0.25) is 4.79 Å². The average molecular weight is 408 g/mol. The molecule has 2 aromatic rings. The van der Waals surface area contributed by atoms with E-state index in [1.807, 2.05) is 42.5 Å². The van der Waals surface area contributed by atoms with E-state index in [-0.39, 0.29) is 18.5 Å². The molecule has 2 aliphatic rings. The van der Waals surface area contributed by atoms with Crippen molar-refractivity contribution in [1.82, 2.24) is 10.3 Å². The summed E-state index contributed by atoms with van der Waals surface area (Å²) in [6.45, 7) is 1.63. The first-order valence-electron chi connectivity index (χ1n) is 9.84. The first kappa shape index (κ1) is 19.9. The zero-order chi connectivity index (χ0) is 21.1. The Kier molecular flexibility index (Phi) is 5.67. The number of carbonyl (C=O) groups is 2. The fourth-order valence-corrected chi connectivity index (χ4v) is 3.65. The van der Waals surface area contributed by atoms with Crippen molar-refractivity contribution >= 4 is 23.3 Å². The molecule has 0 spiro atoms. The van der Waals surface area contributed by atoms with Crippen LogP contribution < -0.4 is 15.0 Å². The minimum Gasteiger partial charge on any atom is -0.497 e. The van der Waals surface area contributed by atoms with Crippen LogP contribution in [0.15, 0.2) is 47.6 Å². The Bertz CT molecular complexity index is 987. The van der Waals surface area contributed by atoms with Crippen molar-refractivity contribution in [2.24, 2.45) is 5.10 Å². The van der Waals surface area contributed by atoms with Gasteiger partial charge in [0.1, 0.15) is 12.4 Å². The number of ether oxygens (including phenoxy) is 2. The van der Waals surface area contributed by atoms with Crippen molar-refractivity contribution in [3.8, 4) is 5.75 Å². The van der Waals surface area contributed by atoms with Crippen molar-refractivity contribution in [3.63, 3.8) is 0 Å². The van der Waals surface area contributed by atoms with Crippen molar-refractivity contribution in [2.45, 2.75) is 6.42 Å². The first-order chi connectivity index (χ1) is 14.6. The molecule has 2 aliphatic heterocycles. The molecule has 0 radical (unpaired) electrons. The molecule has 0 aromatic heterocycles. The highest BCUT2D eigenvalue weighted by molar-refractivity contribution is 6.14. The molecule has 3 amide bonds. The Morgan fingerprint density at radius 1 is 1.17 bits per heavy atom. The molecule has 4 rings (SSSR count). The summed E-state index contributed by atoms with van der Waals surface area (Å²) in [7, 11) is 3.22. The summed E-state index contributed by atoms with van der Waals surface area (Å²) in [4.78, 5) is 26.1. The van der Waals surface area contributed by atoms with E-state index in [0.717, 1.165) is 28.1 Å². The van der Waals surface area contributed by atoms with Gasteiger partial charge < -0.3 is 19.7 Å². The smallest absolute Gasteiger partial charge is 0.337 e. The van der Waals surface area contributed by atoms with Crippen LogP contribution in [0.3, 0.4) is 0 Å². The molecule has 0 unspecified atom stereocenters. The third kappa shape index (κ3) is 3.86. The lowest BCUT2D eigenvalue weighted by molar-refractivity contribution is -0.125. The predicted molar refractivity (Wildman–Crippen MR) is 113 cm³/mol. The van der Waals surface area contributed by atoms with Gasteiger partial charge in [-0.05, 0) is 36.2 Å². The van der Waals surface area contributed by atoms with E-state index in [2.05, 4.69) is 10.4 Å². The van der Waals surface area contributed by atoms with Crippen molar-refractivity contribution < 1.29 is 19.1 Å². The second-order valence-corrected chi connectivity index (χ2v) is 7.04. The van der Waals surface area contributed by atoms with Gasteiger partial charge in [0.15, 0.2) is 0 Å². The predicted octanol–water partition coefficient (Wildman–Crippen LogP) is 2.01. The second kappa shape index (κ2) is 8.54. The Morgan fingerprint density at radius 3 is 2.67 bits per heavy atom. The van der Waals surface area contributed by atoms with Gasteiger partial charge in [-0.15, -0.1) is 0 Å². The Labute approximate surface area is 175 Å². The van der Waals surface area contributed by atoms with Crippen LogP contribution in [0.5, 0.6) is 5.75 Å². The fraction of sp³-hybridized carbons (Fsp3) is 0.318. The number of urea groups is 1. The molecule has 2 aromatic carbocycles. The number of hydrogen-bond acceptors (Lipinski definition) is 5. The number of anilines is 1. The summed E-state index contributed by atoms with van der Waals surface area (Å²) in [5, 5.41) is 8.76. The summed E-state index contributed by atoms with van der Waals surface area (Å²) in [5.74, 6) is 0.673. The van der Waals surface area contributed by atoms with E-state index in [1.165, 1.54) is 5.01 Å². The van der Waals surface area contributed by atoms with E-state index in [0.29, 0.717) is 31.8 Å². The maximum absolute atomic E-state index is 12.3. The maximum atomic E-state index is 12.3. The molecular formula is C22H24N4O4. The fourth-order valence-electron chi connectivity index (χ4n) is 3.65. The molecule has 8 nitrogen and oxygen atoms in total. The highest BCUT2D eigenvalue weighted by atomic mass is 16.5. The van der Waals surface area contributed by atoms with Crippen LogP contribution in [0.25, 0.3) is 0 Å². The number of nitrogens with zero attached hydrogens (tertiary/aromatic N) is 3. The maximum Gasteiger partial charge on any atom is 0.337 e. The van der Waals surface area contributed by atoms with Gasteiger partial charge >= 0.3 is 6.03 Å². The largest absolute Gasteiger partial charge is 0.497 e. The summed E-state index contributed by atoms with van der Waals surface area (Å²) < 4.78 is 10.6. The zero-order valence-electron chi connectivity index (χ0n) is 17.1.